The average Bonchev–Trinajstić information content (AvgIpc) is 2.30. The zero-order valence-electron chi connectivity index (χ0n) is 12.3. The molecule has 0 bridgehead atoms. The average molecular weight is 351 g/mol. The first-order valence-electron chi connectivity index (χ1n) is 6.85. The Morgan fingerprint density at radius 3 is 1.50 bits per heavy atom. The van der Waals surface area contributed by atoms with Crippen molar-refractivity contribution in [3.05, 3.63) is 0 Å². The van der Waals surface area contributed by atoms with Crippen LogP contribution in [0.15, 0.2) is 0 Å². The van der Waals surface area contributed by atoms with Crippen LogP contribution < -0.4 is 10.6 Å². The van der Waals surface area contributed by atoms with Crippen LogP contribution in [0, 0.1) is 0 Å². The lowest BCUT2D eigenvalue weighted by molar-refractivity contribution is 0.223. The molecule has 0 aromatic carbocycles. The number of hydrogen-bond donors (Lipinski definition) is 2. The van der Waals surface area contributed by atoms with Crippen molar-refractivity contribution < 1.29 is 0 Å². The third kappa shape index (κ3) is 3.98. The highest BCUT2D eigenvalue weighted by Gasteiger charge is 2.29. The van der Waals surface area contributed by atoms with Gasteiger partial charge in [-0.25, -0.2) is 0 Å². The Morgan fingerprint density at radius 1 is 0.850 bits per heavy atom. The fourth-order valence-electron chi connectivity index (χ4n) is 2.47. The summed E-state index contributed by atoms with van der Waals surface area (Å²) in [6, 6.07) is 0. The smallest absolute Gasteiger partial charge is 0.139 e. The minimum Gasteiger partial charge on any atom is -0.340 e. The molecule has 2 rings (SSSR count). The van der Waals surface area contributed by atoms with E-state index >= 15 is 0 Å². The van der Waals surface area contributed by atoms with Gasteiger partial charge in [0.1, 0.15) is 8.64 Å². The summed E-state index contributed by atoms with van der Waals surface area (Å²) < 4.78 is 1.96. The molecule has 0 aromatic heterocycles. The maximum absolute atomic E-state index is 5.50. The van der Waals surface area contributed by atoms with Gasteiger partial charge in [0.2, 0.25) is 0 Å². The van der Waals surface area contributed by atoms with E-state index in [9.17, 15) is 0 Å². The monoisotopic (exact) mass is 350 g/mol. The molecule has 0 aliphatic carbocycles. The molecule has 0 saturated carbocycles. The van der Waals surface area contributed by atoms with Crippen LogP contribution in [0.4, 0.5) is 0 Å². The Balaban J connectivity index is 1.91. The molecule has 0 spiro atoms. The number of nitrogens with one attached hydrogen (secondary N) is 2. The zero-order valence-corrected chi connectivity index (χ0v) is 15.5. The van der Waals surface area contributed by atoms with Gasteiger partial charge in [-0.15, -0.1) is 0 Å². The van der Waals surface area contributed by atoms with E-state index in [4.69, 9.17) is 24.4 Å². The summed E-state index contributed by atoms with van der Waals surface area (Å²) >= 11 is 14.4. The van der Waals surface area contributed by atoms with Gasteiger partial charge in [-0.05, 0) is 27.7 Å². The summed E-state index contributed by atoms with van der Waals surface area (Å²) in [5.41, 5.74) is 0. The van der Waals surface area contributed by atoms with E-state index in [2.05, 4.69) is 48.1 Å². The largest absolute Gasteiger partial charge is 0.340 e. The van der Waals surface area contributed by atoms with E-state index in [1.165, 1.54) is 0 Å². The van der Waals surface area contributed by atoms with E-state index < -0.39 is 0 Å². The first kappa shape index (κ1) is 16.8. The highest BCUT2D eigenvalue weighted by atomic mass is 32.2. The van der Waals surface area contributed by atoms with Gasteiger partial charge in [-0.2, -0.15) is 0 Å². The lowest BCUT2D eigenvalue weighted by atomic mass is 10.4. The van der Waals surface area contributed by atoms with E-state index in [0.717, 1.165) is 21.7 Å². The van der Waals surface area contributed by atoms with E-state index in [-0.39, 0.29) is 12.3 Å². The Kier molecular flexibility index (Phi) is 5.96. The second-order valence-corrected chi connectivity index (χ2v) is 9.07. The molecule has 2 aliphatic rings. The summed E-state index contributed by atoms with van der Waals surface area (Å²) in [5, 5.41) is 7.79. The zero-order chi connectivity index (χ0) is 14.9. The molecule has 2 heterocycles. The topological polar surface area (TPSA) is 30.5 Å². The van der Waals surface area contributed by atoms with Crippen molar-refractivity contribution in [2.24, 2.45) is 0 Å². The standard InChI is InChI=1S/C12H22N4S4/c1-7-13-9(3)19-11(17)15(7)5-6-16-8(2)14-10(4)20-12(16)18/h7-10,13-14H,5-6H2,1-4H3/t7-,8-,9+,10+/m0/s1. The SMILES string of the molecule is C[C@@H]1N[C@H](C)N(CCN2C(=S)S[C@H](C)N[C@@H]2C)C(=S)S1. The molecule has 4 atom stereocenters. The molecule has 4 nitrogen and oxygen atoms in total. The van der Waals surface area contributed by atoms with E-state index in [0.29, 0.717) is 10.7 Å². The molecule has 0 unspecified atom stereocenters. The van der Waals surface area contributed by atoms with Crippen LogP contribution in [0.25, 0.3) is 0 Å². The molecule has 2 saturated heterocycles. The summed E-state index contributed by atoms with van der Waals surface area (Å²) in [4.78, 5) is 4.50. The molecule has 0 aromatic rings. The van der Waals surface area contributed by atoms with Crippen molar-refractivity contribution in [3.63, 3.8) is 0 Å². The Bertz CT molecular complexity index is 356. The van der Waals surface area contributed by atoms with Gasteiger partial charge in [0, 0.05) is 13.1 Å². The van der Waals surface area contributed by atoms with Crippen molar-refractivity contribution in [1.29, 1.82) is 0 Å². The van der Waals surface area contributed by atoms with Crippen LogP contribution >= 0.6 is 48.0 Å². The van der Waals surface area contributed by atoms with Crippen molar-refractivity contribution in [2.45, 2.75) is 50.8 Å². The van der Waals surface area contributed by atoms with Crippen LogP contribution in [0.2, 0.25) is 0 Å². The van der Waals surface area contributed by atoms with Gasteiger partial charge >= 0.3 is 0 Å². The third-order valence-corrected chi connectivity index (χ3v) is 6.39. The Morgan fingerprint density at radius 2 is 1.20 bits per heavy atom. The molecule has 2 aliphatic heterocycles. The predicted molar refractivity (Wildman–Crippen MR) is 97.9 cm³/mol. The molecular formula is C12H22N4S4. The van der Waals surface area contributed by atoms with Gasteiger partial charge in [0.15, 0.2) is 0 Å². The number of thiocarbonyl (C=S) groups is 2. The van der Waals surface area contributed by atoms with Crippen molar-refractivity contribution in [2.75, 3.05) is 13.1 Å². The van der Waals surface area contributed by atoms with Crippen LogP contribution in [0.1, 0.15) is 27.7 Å². The second-order valence-electron chi connectivity index (χ2n) is 5.12. The van der Waals surface area contributed by atoms with Crippen LogP contribution in [0.3, 0.4) is 0 Å². The summed E-state index contributed by atoms with van der Waals surface area (Å²) in [7, 11) is 0. The molecule has 2 fully saturated rings. The van der Waals surface area contributed by atoms with E-state index in [1.807, 2.05) is 0 Å². The molecule has 0 radical (unpaired) electrons. The highest BCUT2D eigenvalue weighted by Crippen LogP contribution is 2.24. The maximum atomic E-state index is 5.50. The normalized spacial score (nSPS) is 35.6. The molecule has 114 valence electrons. The van der Waals surface area contributed by atoms with Crippen LogP contribution in [-0.2, 0) is 0 Å². The number of rotatable bonds is 3. The lowest BCUT2D eigenvalue weighted by Gasteiger charge is -2.43. The number of hydrogen-bond acceptors (Lipinski definition) is 6. The second kappa shape index (κ2) is 7.11. The highest BCUT2D eigenvalue weighted by molar-refractivity contribution is 8.23. The maximum Gasteiger partial charge on any atom is 0.139 e. The Labute approximate surface area is 140 Å². The minimum absolute atomic E-state index is 0.284. The van der Waals surface area contributed by atoms with Gasteiger partial charge in [0.05, 0.1) is 23.1 Å². The first-order chi connectivity index (χ1) is 9.38. The van der Waals surface area contributed by atoms with Gasteiger partial charge in [-0.1, -0.05) is 48.0 Å². The summed E-state index contributed by atoms with van der Waals surface area (Å²) in [6.07, 6.45) is 0.568. The van der Waals surface area contributed by atoms with Gasteiger partial charge < -0.3 is 9.80 Å². The summed E-state index contributed by atoms with van der Waals surface area (Å²) in [5.74, 6) is 0. The Hall–Kier alpha value is 0.400. The molecule has 2 N–H and O–H groups in total. The van der Waals surface area contributed by atoms with Crippen molar-refractivity contribution in [3.8, 4) is 0 Å². The third-order valence-electron chi connectivity index (χ3n) is 3.49. The fourth-order valence-corrected chi connectivity index (χ4v) is 5.74. The molecule has 8 heteroatoms. The van der Waals surface area contributed by atoms with Gasteiger partial charge in [-0.3, -0.25) is 10.6 Å². The first-order valence-corrected chi connectivity index (χ1v) is 9.42. The van der Waals surface area contributed by atoms with Crippen LogP contribution in [0.5, 0.6) is 0 Å². The molecule has 20 heavy (non-hydrogen) atoms. The van der Waals surface area contributed by atoms with Crippen molar-refractivity contribution in [1.82, 2.24) is 20.4 Å². The quantitative estimate of drug-likeness (QED) is 0.749. The van der Waals surface area contributed by atoms with Gasteiger partial charge in [0.25, 0.3) is 0 Å². The minimum atomic E-state index is 0.284. The summed E-state index contributed by atoms with van der Waals surface area (Å²) in [6.45, 7) is 10.4. The van der Waals surface area contributed by atoms with Crippen molar-refractivity contribution >= 4 is 56.6 Å². The molecule has 0 amide bonds. The van der Waals surface area contributed by atoms with Crippen LogP contribution in [-0.4, -0.2) is 54.6 Å². The molecular weight excluding hydrogens is 328 g/mol. The lowest BCUT2D eigenvalue weighted by Crippen LogP contribution is -2.58. The number of nitrogens with zero attached hydrogens (tertiary/aromatic N) is 2. The fraction of sp³-hybridized carbons (Fsp3) is 0.833. The predicted octanol–water partition coefficient (Wildman–Crippen LogP) is 2.22. The van der Waals surface area contributed by atoms with E-state index in [1.54, 1.807) is 23.5 Å². The number of thioether (sulfide) groups is 2.